The van der Waals surface area contributed by atoms with E-state index in [9.17, 15) is 4.79 Å². The Morgan fingerprint density at radius 3 is 2.50 bits per heavy atom. The van der Waals surface area contributed by atoms with E-state index in [1.54, 1.807) is 13.2 Å². The number of nitrogens with zero attached hydrogens (tertiary/aromatic N) is 1. The van der Waals surface area contributed by atoms with Crippen LogP contribution >= 0.6 is 0 Å². The molecule has 0 saturated carbocycles. The number of hydrogen-bond donors (Lipinski definition) is 1. The van der Waals surface area contributed by atoms with E-state index in [0.29, 0.717) is 13.1 Å². The summed E-state index contributed by atoms with van der Waals surface area (Å²) in [6.45, 7) is 9.25. The van der Waals surface area contributed by atoms with Crippen LogP contribution in [0.25, 0.3) is 0 Å². The van der Waals surface area contributed by atoms with Gasteiger partial charge in [-0.3, -0.25) is 9.69 Å². The molecule has 1 N–H and O–H groups in total. The van der Waals surface area contributed by atoms with Crippen LogP contribution in [-0.2, 0) is 11.3 Å². The van der Waals surface area contributed by atoms with E-state index in [1.807, 2.05) is 25.8 Å². The summed E-state index contributed by atoms with van der Waals surface area (Å²) in [6.07, 6.45) is 1.67. The molecule has 0 unspecified atom stereocenters. The Morgan fingerprint density at radius 1 is 1.40 bits per heavy atom. The van der Waals surface area contributed by atoms with Crippen LogP contribution in [0.15, 0.2) is 24.8 Å². The van der Waals surface area contributed by atoms with Gasteiger partial charge in [-0.25, -0.2) is 0 Å². The standard InChI is InChI=1S/C16H24N2O2/c1-6-7-17-15(19)11-18(4)10-14-8-12(2)16(20-5)13(3)9-14/h6,8-9H,1,7,10-11H2,2-5H3,(H,17,19). The number of rotatable bonds is 7. The highest BCUT2D eigenvalue weighted by atomic mass is 16.5. The highest BCUT2D eigenvalue weighted by molar-refractivity contribution is 5.78. The lowest BCUT2D eigenvalue weighted by molar-refractivity contribution is -0.121. The first-order valence-electron chi connectivity index (χ1n) is 6.68. The van der Waals surface area contributed by atoms with Crippen molar-refractivity contribution in [1.29, 1.82) is 0 Å². The van der Waals surface area contributed by atoms with Crippen LogP contribution < -0.4 is 10.1 Å². The fourth-order valence-corrected chi connectivity index (χ4v) is 2.31. The quantitative estimate of drug-likeness (QED) is 0.775. The molecule has 1 aromatic rings. The molecule has 20 heavy (non-hydrogen) atoms. The van der Waals surface area contributed by atoms with Crippen molar-refractivity contribution in [2.75, 3.05) is 27.2 Å². The van der Waals surface area contributed by atoms with Crippen LogP contribution in [-0.4, -0.2) is 38.1 Å². The van der Waals surface area contributed by atoms with E-state index in [1.165, 1.54) is 5.56 Å². The predicted octanol–water partition coefficient (Wildman–Crippen LogP) is 2.05. The van der Waals surface area contributed by atoms with Crippen LogP contribution in [0.2, 0.25) is 0 Å². The topological polar surface area (TPSA) is 41.6 Å². The monoisotopic (exact) mass is 276 g/mol. The van der Waals surface area contributed by atoms with Crippen molar-refractivity contribution in [2.24, 2.45) is 0 Å². The number of methoxy groups -OCH3 is 1. The minimum absolute atomic E-state index is 0.00866. The van der Waals surface area contributed by atoms with Gasteiger partial charge in [-0.1, -0.05) is 18.2 Å². The number of ether oxygens (including phenoxy) is 1. The zero-order chi connectivity index (χ0) is 15.1. The predicted molar refractivity (Wildman–Crippen MR) is 82.0 cm³/mol. The molecule has 0 radical (unpaired) electrons. The van der Waals surface area contributed by atoms with Crippen LogP contribution in [0.3, 0.4) is 0 Å². The molecule has 4 nitrogen and oxygen atoms in total. The van der Waals surface area contributed by atoms with Crippen molar-refractivity contribution in [3.05, 3.63) is 41.5 Å². The third-order valence-electron chi connectivity index (χ3n) is 3.03. The van der Waals surface area contributed by atoms with E-state index < -0.39 is 0 Å². The molecule has 0 saturated heterocycles. The Morgan fingerprint density at radius 2 is 2.00 bits per heavy atom. The molecule has 0 aliphatic rings. The summed E-state index contributed by atoms with van der Waals surface area (Å²) in [5, 5.41) is 2.77. The molecule has 110 valence electrons. The van der Waals surface area contributed by atoms with Gasteiger partial charge in [0.05, 0.1) is 13.7 Å². The molecule has 1 aromatic carbocycles. The maximum absolute atomic E-state index is 11.6. The highest BCUT2D eigenvalue weighted by Gasteiger charge is 2.09. The number of carbonyl (C=O) groups excluding carboxylic acids is 1. The highest BCUT2D eigenvalue weighted by Crippen LogP contribution is 2.24. The first kappa shape index (κ1) is 16.2. The fraction of sp³-hybridized carbons (Fsp3) is 0.438. The second kappa shape index (κ2) is 7.70. The Labute approximate surface area is 121 Å². The van der Waals surface area contributed by atoms with Crippen LogP contribution in [0.4, 0.5) is 0 Å². The molecule has 0 aliphatic carbocycles. The van der Waals surface area contributed by atoms with E-state index >= 15 is 0 Å². The van der Waals surface area contributed by atoms with Crippen LogP contribution in [0.5, 0.6) is 5.75 Å². The molecule has 1 amide bonds. The van der Waals surface area contributed by atoms with Crippen molar-refractivity contribution in [1.82, 2.24) is 10.2 Å². The van der Waals surface area contributed by atoms with Crippen molar-refractivity contribution in [3.8, 4) is 5.75 Å². The maximum Gasteiger partial charge on any atom is 0.234 e. The Balaban J connectivity index is 2.64. The second-order valence-electron chi connectivity index (χ2n) is 5.03. The normalized spacial score (nSPS) is 10.4. The third kappa shape index (κ3) is 4.70. The summed E-state index contributed by atoms with van der Waals surface area (Å²) < 4.78 is 5.36. The Hall–Kier alpha value is -1.81. The summed E-state index contributed by atoms with van der Waals surface area (Å²) >= 11 is 0. The molecule has 4 heteroatoms. The molecule has 0 aliphatic heterocycles. The zero-order valence-corrected chi connectivity index (χ0v) is 12.8. The second-order valence-corrected chi connectivity index (χ2v) is 5.03. The van der Waals surface area contributed by atoms with Gasteiger partial charge in [0.25, 0.3) is 0 Å². The number of hydrogen-bond acceptors (Lipinski definition) is 3. The summed E-state index contributed by atoms with van der Waals surface area (Å²) in [6, 6.07) is 4.20. The lowest BCUT2D eigenvalue weighted by atomic mass is 10.1. The number of aryl methyl sites for hydroxylation is 2. The minimum atomic E-state index is 0.00866. The number of benzene rings is 1. The molecule has 0 atom stereocenters. The average Bonchev–Trinajstić information content (AvgIpc) is 2.35. The summed E-state index contributed by atoms with van der Waals surface area (Å²) in [7, 11) is 3.62. The fourth-order valence-electron chi connectivity index (χ4n) is 2.31. The van der Waals surface area contributed by atoms with E-state index in [4.69, 9.17) is 4.74 Å². The van der Waals surface area contributed by atoms with Gasteiger partial charge in [-0.2, -0.15) is 0 Å². The van der Waals surface area contributed by atoms with E-state index in [-0.39, 0.29) is 5.91 Å². The van der Waals surface area contributed by atoms with Gasteiger partial charge >= 0.3 is 0 Å². The van der Waals surface area contributed by atoms with Gasteiger partial charge in [0.2, 0.25) is 5.91 Å². The molecule has 0 aromatic heterocycles. The van der Waals surface area contributed by atoms with Gasteiger partial charge in [0.15, 0.2) is 0 Å². The third-order valence-corrected chi connectivity index (χ3v) is 3.03. The molecule has 0 heterocycles. The molecule has 0 spiro atoms. The van der Waals surface area contributed by atoms with E-state index in [2.05, 4.69) is 24.0 Å². The number of likely N-dealkylation sites (N-methyl/N-ethyl adjacent to an activating group) is 1. The molecular formula is C16H24N2O2. The van der Waals surface area contributed by atoms with Crippen molar-refractivity contribution >= 4 is 5.91 Å². The largest absolute Gasteiger partial charge is 0.496 e. The summed E-state index contributed by atoms with van der Waals surface area (Å²) in [5.41, 5.74) is 3.42. The van der Waals surface area contributed by atoms with Crippen LogP contribution in [0, 0.1) is 13.8 Å². The molecule has 0 bridgehead atoms. The van der Waals surface area contributed by atoms with Gasteiger partial charge in [0, 0.05) is 13.1 Å². The van der Waals surface area contributed by atoms with Crippen molar-refractivity contribution < 1.29 is 9.53 Å². The van der Waals surface area contributed by atoms with E-state index in [0.717, 1.165) is 23.4 Å². The molecule has 1 rings (SSSR count). The Bertz CT molecular complexity index is 460. The summed E-state index contributed by atoms with van der Waals surface area (Å²) in [5.74, 6) is 0.939. The number of amides is 1. The lowest BCUT2D eigenvalue weighted by Crippen LogP contribution is -2.34. The first-order valence-corrected chi connectivity index (χ1v) is 6.68. The first-order chi connectivity index (χ1) is 9.47. The van der Waals surface area contributed by atoms with Crippen molar-refractivity contribution in [3.63, 3.8) is 0 Å². The summed E-state index contributed by atoms with van der Waals surface area (Å²) in [4.78, 5) is 13.6. The molecular weight excluding hydrogens is 252 g/mol. The SMILES string of the molecule is C=CCNC(=O)CN(C)Cc1cc(C)c(OC)c(C)c1. The van der Waals surface area contributed by atoms with Gasteiger partial charge in [-0.15, -0.1) is 6.58 Å². The number of nitrogens with one attached hydrogen (secondary N) is 1. The molecule has 0 fully saturated rings. The lowest BCUT2D eigenvalue weighted by Gasteiger charge is -2.18. The van der Waals surface area contributed by atoms with Gasteiger partial charge in [0.1, 0.15) is 5.75 Å². The number of carbonyl (C=O) groups is 1. The maximum atomic E-state index is 11.6. The zero-order valence-electron chi connectivity index (χ0n) is 12.8. The van der Waals surface area contributed by atoms with Crippen molar-refractivity contribution in [2.45, 2.75) is 20.4 Å². The Kier molecular flexibility index (Phi) is 6.25. The average molecular weight is 276 g/mol. The minimum Gasteiger partial charge on any atom is -0.496 e. The van der Waals surface area contributed by atoms with Crippen LogP contribution in [0.1, 0.15) is 16.7 Å². The smallest absolute Gasteiger partial charge is 0.234 e. The van der Waals surface area contributed by atoms with Gasteiger partial charge < -0.3 is 10.1 Å². The van der Waals surface area contributed by atoms with Gasteiger partial charge in [-0.05, 0) is 37.6 Å².